The molecule has 1 aliphatic carbocycles. The Labute approximate surface area is 203 Å². The summed E-state index contributed by atoms with van der Waals surface area (Å²) < 4.78 is 10.4. The molecule has 9 nitrogen and oxygen atoms in total. The minimum absolute atomic E-state index is 0.00264. The van der Waals surface area contributed by atoms with Crippen molar-refractivity contribution in [3.05, 3.63) is 59.7 Å². The number of nitrogens with one attached hydrogen (secondary N) is 1. The SMILES string of the molecule is CCOC(=O)C(NC(=O)OCC1c2ccccc2-c2ccccc21)C(=O)N1CCCC[C@@H]1C(=O)O. The third-order valence-corrected chi connectivity index (χ3v) is 6.45. The predicted molar refractivity (Wildman–Crippen MR) is 126 cm³/mol. The van der Waals surface area contributed by atoms with Gasteiger partial charge in [0.25, 0.3) is 5.91 Å². The molecule has 2 amide bonds. The van der Waals surface area contributed by atoms with Crippen LogP contribution in [0.5, 0.6) is 0 Å². The topological polar surface area (TPSA) is 122 Å². The number of carboxylic acid groups (broad SMARTS) is 1. The van der Waals surface area contributed by atoms with Gasteiger partial charge in [-0.3, -0.25) is 10.1 Å². The lowest BCUT2D eigenvalue weighted by molar-refractivity contribution is -0.159. The van der Waals surface area contributed by atoms with Gasteiger partial charge in [0.15, 0.2) is 0 Å². The van der Waals surface area contributed by atoms with Crippen LogP contribution in [0.3, 0.4) is 0 Å². The van der Waals surface area contributed by atoms with Crippen LogP contribution in [0.1, 0.15) is 43.2 Å². The minimum Gasteiger partial charge on any atom is -0.480 e. The predicted octanol–water partition coefficient (Wildman–Crippen LogP) is 2.92. The molecule has 9 heteroatoms. The van der Waals surface area contributed by atoms with Gasteiger partial charge in [0.2, 0.25) is 6.04 Å². The third kappa shape index (κ3) is 4.99. The maximum absolute atomic E-state index is 13.1. The van der Waals surface area contributed by atoms with E-state index in [1.807, 2.05) is 48.5 Å². The molecule has 1 aliphatic heterocycles. The summed E-state index contributed by atoms with van der Waals surface area (Å²) in [5, 5.41) is 11.8. The molecular formula is C26H28N2O7. The van der Waals surface area contributed by atoms with Gasteiger partial charge in [0, 0.05) is 12.5 Å². The van der Waals surface area contributed by atoms with Crippen LogP contribution in [0.2, 0.25) is 0 Å². The highest BCUT2D eigenvalue weighted by molar-refractivity contribution is 6.05. The fourth-order valence-electron chi connectivity index (χ4n) is 4.82. The Hall–Kier alpha value is -3.88. The fourth-order valence-corrected chi connectivity index (χ4v) is 4.82. The van der Waals surface area contributed by atoms with Gasteiger partial charge in [0.1, 0.15) is 12.6 Å². The fraction of sp³-hybridized carbons (Fsp3) is 0.385. The summed E-state index contributed by atoms with van der Waals surface area (Å²) in [5.41, 5.74) is 4.19. The van der Waals surface area contributed by atoms with Crippen molar-refractivity contribution in [3.8, 4) is 11.1 Å². The third-order valence-electron chi connectivity index (χ3n) is 6.45. The van der Waals surface area contributed by atoms with Gasteiger partial charge in [-0.25, -0.2) is 14.4 Å². The molecular weight excluding hydrogens is 452 g/mol. The molecule has 2 aromatic rings. The summed E-state index contributed by atoms with van der Waals surface area (Å²) in [4.78, 5) is 51.2. The Morgan fingerprint density at radius 1 is 1.00 bits per heavy atom. The number of carbonyl (C=O) groups is 4. The van der Waals surface area contributed by atoms with Crippen LogP contribution in [0.15, 0.2) is 48.5 Å². The Balaban J connectivity index is 1.48. The molecule has 2 atom stereocenters. The Morgan fingerprint density at radius 3 is 2.23 bits per heavy atom. The van der Waals surface area contributed by atoms with Crippen LogP contribution in [-0.2, 0) is 23.9 Å². The van der Waals surface area contributed by atoms with E-state index >= 15 is 0 Å². The summed E-state index contributed by atoms with van der Waals surface area (Å²) in [5.74, 6) is -3.12. The number of fused-ring (bicyclic) bond motifs is 3. The van der Waals surface area contributed by atoms with Crippen molar-refractivity contribution in [3.63, 3.8) is 0 Å². The molecule has 1 fully saturated rings. The molecule has 2 aromatic carbocycles. The number of aliphatic carboxylic acids is 1. The number of hydrogen-bond donors (Lipinski definition) is 2. The molecule has 2 aliphatic rings. The summed E-state index contributed by atoms with van der Waals surface area (Å²) in [6.07, 6.45) is 0.588. The van der Waals surface area contributed by atoms with E-state index < -0.39 is 36.0 Å². The first-order valence-electron chi connectivity index (χ1n) is 11.7. The zero-order valence-corrected chi connectivity index (χ0v) is 19.4. The lowest BCUT2D eigenvalue weighted by Gasteiger charge is -2.34. The van der Waals surface area contributed by atoms with E-state index in [0.717, 1.165) is 27.2 Å². The first-order valence-corrected chi connectivity index (χ1v) is 11.7. The summed E-state index contributed by atoms with van der Waals surface area (Å²) >= 11 is 0. The molecule has 4 rings (SSSR count). The zero-order valence-electron chi connectivity index (χ0n) is 19.4. The number of likely N-dealkylation sites (tertiary alicyclic amines) is 1. The van der Waals surface area contributed by atoms with E-state index in [0.29, 0.717) is 12.8 Å². The molecule has 35 heavy (non-hydrogen) atoms. The number of carbonyl (C=O) groups excluding carboxylic acids is 3. The first kappa shape index (κ1) is 24.3. The van der Waals surface area contributed by atoms with E-state index in [1.165, 1.54) is 0 Å². The highest BCUT2D eigenvalue weighted by Gasteiger charge is 2.40. The second-order valence-corrected chi connectivity index (χ2v) is 8.54. The highest BCUT2D eigenvalue weighted by atomic mass is 16.6. The lowest BCUT2D eigenvalue weighted by atomic mass is 9.98. The molecule has 0 saturated carbocycles. The maximum atomic E-state index is 13.1. The summed E-state index contributed by atoms with van der Waals surface area (Å²) in [6.45, 7) is 1.76. The highest BCUT2D eigenvalue weighted by Crippen LogP contribution is 2.44. The van der Waals surface area contributed by atoms with Crippen molar-refractivity contribution >= 4 is 23.9 Å². The van der Waals surface area contributed by atoms with Crippen molar-refractivity contribution in [2.75, 3.05) is 19.8 Å². The molecule has 0 aromatic heterocycles. The number of ether oxygens (including phenoxy) is 2. The molecule has 1 unspecified atom stereocenters. The summed E-state index contributed by atoms with van der Waals surface area (Å²) in [6, 6.07) is 13.0. The number of benzene rings is 2. The lowest BCUT2D eigenvalue weighted by Crippen LogP contribution is -2.58. The molecule has 184 valence electrons. The van der Waals surface area contributed by atoms with E-state index in [-0.39, 0.29) is 32.1 Å². The maximum Gasteiger partial charge on any atom is 0.408 e. The Kier molecular flexibility index (Phi) is 7.33. The van der Waals surface area contributed by atoms with Gasteiger partial charge in [-0.05, 0) is 48.4 Å². The zero-order chi connectivity index (χ0) is 24.9. The van der Waals surface area contributed by atoms with Crippen molar-refractivity contribution in [1.82, 2.24) is 10.2 Å². The quantitative estimate of drug-likeness (QED) is 0.461. The first-order chi connectivity index (χ1) is 16.9. The van der Waals surface area contributed by atoms with Crippen molar-refractivity contribution in [2.24, 2.45) is 0 Å². The van der Waals surface area contributed by atoms with Gasteiger partial charge in [-0.15, -0.1) is 0 Å². The Morgan fingerprint density at radius 2 is 1.63 bits per heavy atom. The van der Waals surface area contributed by atoms with Gasteiger partial charge < -0.3 is 19.5 Å². The number of piperidine rings is 1. The number of alkyl carbamates (subject to hydrolysis) is 1. The van der Waals surface area contributed by atoms with Gasteiger partial charge in [-0.1, -0.05) is 48.5 Å². The van der Waals surface area contributed by atoms with E-state index in [1.54, 1.807) is 6.92 Å². The average Bonchev–Trinajstić information content (AvgIpc) is 3.19. The smallest absolute Gasteiger partial charge is 0.408 e. The van der Waals surface area contributed by atoms with E-state index in [9.17, 15) is 24.3 Å². The number of esters is 1. The monoisotopic (exact) mass is 480 g/mol. The second-order valence-electron chi connectivity index (χ2n) is 8.54. The van der Waals surface area contributed by atoms with Gasteiger partial charge in [-0.2, -0.15) is 0 Å². The van der Waals surface area contributed by atoms with Crippen LogP contribution < -0.4 is 5.32 Å². The summed E-state index contributed by atoms with van der Waals surface area (Å²) in [7, 11) is 0. The normalized spacial score (nSPS) is 17.6. The standard InChI is InChI=1S/C26H28N2O7/c1-2-34-25(32)22(23(29)28-14-8-7-13-21(28)24(30)31)27-26(33)35-15-20-18-11-5-3-9-16(18)17-10-4-6-12-19(17)20/h3-6,9-12,20-22H,2,7-8,13-15H2,1H3,(H,27,33)(H,30,31)/t21-,22?/m1/s1. The van der Waals surface area contributed by atoms with Crippen LogP contribution >= 0.6 is 0 Å². The largest absolute Gasteiger partial charge is 0.480 e. The Bertz CT molecular complexity index is 1090. The molecule has 0 bridgehead atoms. The number of rotatable bonds is 7. The van der Waals surface area contributed by atoms with Crippen LogP contribution in [0, 0.1) is 0 Å². The van der Waals surface area contributed by atoms with Crippen LogP contribution in [-0.4, -0.2) is 65.8 Å². The minimum atomic E-state index is -1.69. The van der Waals surface area contributed by atoms with Crippen LogP contribution in [0.25, 0.3) is 11.1 Å². The molecule has 0 spiro atoms. The van der Waals surface area contributed by atoms with E-state index in [4.69, 9.17) is 9.47 Å². The van der Waals surface area contributed by atoms with Crippen molar-refractivity contribution in [1.29, 1.82) is 0 Å². The van der Waals surface area contributed by atoms with Crippen molar-refractivity contribution in [2.45, 2.75) is 44.2 Å². The van der Waals surface area contributed by atoms with Gasteiger partial charge in [0.05, 0.1) is 6.61 Å². The van der Waals surface area contributed by atoms with Gasteiger partial charge >= 0.3 is 18.0 Å². The second kappa shape index (κ2) is 10.6. The van der Waals surface area contributed by atoms with E-state index in [2.05, 4.69) is 5.32 Å². The number of nitrogens with zero attached hydrogens (tertiary/aromatic N) is 1. The molecule has 1 saturated heterocycles. The van der Waals surface area contributed by atoms with Crippen molar-refractivity contribution < 1.29 is 33.8 Å². The average molecular weight is 481 g/mol. The number of hydrogen-bond acceptors (Lipinski definition) is 6. The molecule has 2 N–H and O–H groups in total. The molecule has 1 heterocycles. The van der Waals surface area contributed by atoms with Crippen LogP contribution in [0.4, 0.5) is 4.79 Å². The number of carboxylic acids is 1. The molecule has 0 radical (unpaired) electrons. The number of amides is 2.